The largest absolute Gasteiger partial charge is 0.478 e. The second-order valence-electron chi connectivity index (χ2n) is 3.09. The van der Waals surface area contributed by atoms with Gasteiger partial charge in [-0.3, -0.25) is 0 Å². The molecule has 0 unspecified atom stereocenters. The molecular weight excluding hydrogens is 259 g/mol. The molecule has 0 aromatic carbocycles. The number of aliphatic carboxylic acids is 1. The maximum absolute atomic E-state index is 12.2. The number of carbonyl (C=O) groups is 1. The lowest BCUT2D eigenvalue weighted by molar-refractivity contribution is -0.141. The van der Waals surface area contributed by atoms with Crippen molar-refractivity contribution in [2.75, 3.05) is 0 Å². The first kappa shape index (κ1) is 13.5. The molecule has 1 heterocycles. The third-order valence-electron chi connectivity index (χ3n) is 1.81. The van der Waals surface area contributed by atoms with E-state index in [2.05, 4.69) is 4.98 Å². The Bertz CT molecular complexity index is 457. The first-order valence-corrected chi connectivity index (χ1v) is 4.80. The highest BCUT2D eigenvalue weighted by Gasteiger charge is 2.32. The number of carboxylic acids is 1. The Kier molecular flexibility index (Phi) is 4.11. The molecule has 0 atom stereocenters. The van der Waals surface area contributed by atoms with Gasteiger partial charge in [0.05, 0.1) is 0 Å². The standard InChI is InChI=1S/C10H7ClF3NO2/c11-9-6(2-1-3-8(16)17)4-5-7(15-9)10(12,13)14/h1,3-5H,2H2,(H,16,17). The highest BCUT2D eigenvalue weighted by molar-refractivity contribution is 6.30. The van der Waals surface area contributed by atoms with Crippen LogP contribution >= 0.6 is 11.6 Å². The molecule has 0 saturated heterocycles. The Balaban J connectivity index is 2.87. The molecule has 17 heavy (non-hydrogen) atoms. The van der Waals surface area contributed by atoms with Crippen LogP contribution in [0.4, 0.5) is 13.2 Å². The minimum atomic E-state index is -4.54. The first-order chi connectivity index (χ1) is 7.80. The summed E-state index contributed by atoms with van der Waals surface area (Å²) in [7, 11) is 0. The van der Waals surface area contributed by atoms with Crippen LogP contribution in [0.1, 0.15) is 11.3 Å². The summed E-state index contributed by atoms with van der Waals surface area (Å²) in [5, 5.41) is 8.04. The van der Waals surface area contributed by atoms with Crippen LogP contribution in [0.3, 0.4) is 0 Å². The van der Waals surface area contributed by atoms with Gasteiger partial charge >= 0.3 is 12.1 Å². The minimum absolute atomic E-state index is 0.107. The van der Waals surface area contributed by atoms with Gasteiger partial charge < -0.3 is 5.11 Å². The number of halogens is 4. The zero-order chi connectivity index (χ0) is 13.1. The molecule has 0 aliphatic heterocycles. The van der Waals surface area contributed by atoms with E-state index in [1.807, 2.05) is 0 Å². The van der Waals surface area contributed by atoms with Gasteiger partial charge in [0, 0.05) is 6.08 Å². The van der Waals surface area contributed by atoms with E-state index in [0.717, 1.165) is 12.1 Å². The van der Waals surface area contributed by atoms with Crippen molar-refractivity contribution in [2.24, 2.45) is 0 Å². The molecular formula is C10H7ClF3NO2. The summed E-state index contributed by atoms with van der Waals surface area (Å²) in [6.45, 7) is 0. The van der Waals surface area contributed by atoms with E-state index in [0.29, 0.717) is 5.56 Å². The van der Waals surface area contributed by atoms with Gasteiger partial charge in [0.25, 0.3) is 0 Å². The molecule has 0 saturated carbocycles. The molecule has 92 valence electrons. The second kappa shape index (κ2) is 5.18. The topological polar surface area (TPSA) is 50.2 Å². The summed E-state index contributed by atoms with van der Waals surface area (Å²) in [6.07, 6.45) is -2.28. The molecule has 0 aliphatic rings. The SMILES string of the molecule is O=C(O)C=CCc1ccc(C(F)(F)F)nc1Cl. The van der Waals surface area contributed by atoms with Crippen molar-refractivity contribution in [1.29, 1.82) is 0 Å². The number of hydrogen-bond donors (Lipinski definition) is 1. The molecule has 0 amide bonds. The quantitative estimate of drug-likeness (QED) is 0.675. The van der Waals surface area contributed by atoms with Crippen molar-refractivity contribution in [1.82, 2.24) is 4.98 Å². The number of allylic oxidation sites excluding steroid dienone is 1. The van der Waals surface area contributed by atoms with Crippen LogP contribution < -0.4 is 0 Å². The van der Waals surface area contributed by atoms with Crippen molar-refractivity contribution in [3.63, 3.8) is 0 Å². The second-order valence-corrected chi connectivity index (χ2v) is 3.45. The zero-order valence-corrected chi connectivity index (χ0v) is 9.09. The number of aromatic nitrogens is 1. The minimum Gasteiger partial charge on any atom is -0.478 e. The monoisotopic (exact) mass is 265 g/mol. The Morgan fingerprint density at radius 3 is 2.59 bits per heavy atom. The lowest BCUT2D eigenvalue weighted by atomic mass is 10.2. The van der Waals surface area contributed by atoms with Crippen molar-refractivity contribution in [3.8, 4) is 0 Å². The van der Waals surface area contributed by atoms with E-state index in [9.17, 15) is 18.0 Å². The number of rotatable bonds is 3. The summed E-state index contributed by atoms with van der Waals surface area (Å²) >= 11 is 5.56. The number of carboxylic acid groups (broad SMARTS) is 1. The number of pyridine rings is 1. The lowest BCUT2D eigenvalue weighted by Gasteiger charge is -2.07. The highest BCUT2D eigenvalue weighted by Crippen LogP contribution is 2.29. The molecule has 1 aromatic heterocycles. The fourth-order valence-corrected chi connectivity index (χ4v) is 1.29. The molecule has 7 heteroatoms. The van der Waals surface area contributed by atoms with Gasteiger partial charge in [-0.05, 0) is 18.1 Å². The van der Waals surface area contributed by atoms with Crippen LogP contribution in [0.5, 0.6) is 0 Å². The summed E-state index contributed by atoms with van der Waals surface area (Å²) in [4.78, 5) is 13.4. The molecule has 0 bridgehead atoms. The third kappa shape index (κ3) is 4.07. The molecule has 1 rings (SSSR count). The normalized spacial score (nSPS) is 12.0. The van der Waals surface area contributed by atoms with Crippen molar-refractivity contribution >= 4 is 17.6 Å². The molecule has 3 nitrogen and oxygen atoms in total. The predicted molar refractivity (Wildman–Crippen MR) is 54.7 cm³/mol. The maximum Gasteiger partial charge on any atom is 0.433 e. The van der Waals surface area contributed by atoms with E-state index in [-0.39, 0.29) is 11.6 Å². The van der Waals surface area contributed by atoms with Crippen LogP contribution in [0, 0.1) is 0 Å². The summed E-state index contributed by atoms with van der Waals surface area (Å²) < 4.78 is 36.7. The van der Waals surface area contributed by atoms with Gasteiger partial charge in [-0.25, -0.2) is 9.78 Å². The maximum atomic E-state index is 12.2. The summed E-state index contributed by atoms with van der Waals surface area (Å²) in [6, 6.07) is 1.97. The van der Waals surface area contributed by atoms with Gasteiger partial charge in [-0.15, -0.1) is 0 Å². The van der Waals surface area contributed by atoms with Gasteiger partial charge in [0.2, 0.25) is 0 Å². The first-order valence-electron chi connectivity index (χ1n) is 4.43. The van der Waals surface area contributed by atoms with Gasteiger partial charge in [0.15, 0.2) is 0 Å². The van der Waals surface area contributed by atoms with Crippen LogP contribution in [0.15, 0.2) is 24.3 Å². The molecule has 0 aliphatic carbocycles. The molecule has 0 radical (unpaired) electrons. The molecule has 0 fully saturated rings. The van der Waals surface area contributed by atoms with Crippen LogP contribution in [0.2, 0.25) is 5.15 Å². The zero-order valence-electron chi connectivity index (χ0n) is 8.33. The van der Waals surface area contributed by atoms with Crippen molar-refractivity contribution in [3.05, 3.63) is 40.7 Å². The van der Waals surface area contributed by atoms with Crippen LogP contribution in [-0.2, 0) is 17.4 Å². The fraction of sp³-hybridized carbons (Fsp3) is 0.200. The molecule has 1 aromatic rings. The Labute approximate surface area is 99.5 Å². The highest BCUT2D eigenvalue weighted by atomic mass is 35.5. The Hall–Kier alpha value is -1.56. The summed E-state index contributed by atoms with van der Waals surface area (Å²) in [5.41, 5.74) is -0.745. The van der Waals surface area contributed by atoms with Gasteiger partial charge in [-0.2, -0.15) is 13.2 Å². The Morgan fingerprint density at radius 2 is 2.12 bits per heavy atom. The lowest BCUT2D eigenvalue weighted by Crippen LogP contribution is -2.08. The van der Waals surface area contributed by atoms with E-state index in [1.54, 1.807) is 0 Å². The van der Waals surface area contributed by atoms with Crippen LogP contribution in [-0.4, -0.2) is 16.1 Å². The average molecular weight is 266 g/mol. The number of alkyl halides is 3. The van der Waals surface area contributed by atoms with Gasteiger partial charge in [-0.1, -0.05) is 23.7 Å². The van der Waals surface area contributed by atoms with Crippen molar-refractivity contribution in [2.45, 2.75) is 12.6 Å². The van der Waals surface area contributed by atoms with E-state index in [1.165, 1.54) is 12.1 Å². The van der Waals surface area contributed by atoms with E-state index in [4.69, 9.17) is 16.7 Å². The molecule has 1 N–H and O–H groups in total. The van der Waals surface area contributed by atoms with Crippen molar-refractivity contribution < 1.29 is 23.1 Å². The average Bonchev–Trinajstić information content (AvgIpc) is 2.18. The third-order valence-corrected chi connectivity index (χ3v) is 2.14. The van der Waals surface area contributed by atoms with Gasteiger partial charge in [0.1, 0.15) is 10.8 Å². The van der Waals surface area contributed by atoms with E-state index >= 15 is 0 Å². The fourth-order valence-electron chi connectivity index (χ4n) is 1.06. The number of nitrogens with zero attached hydrogens (tertiary/aromatic N) is 1. The van der Waals surface area contributed by atoms with Crippen LogP contribution in [0.25, 0.3) is 0 Å². The predicted octanol–water partition coefficient (Wildman–Crippen LogP) is 2.94. The Morgan fingerprint density at radius 1 is 1.47 bits per heavy atom. The molecule has 0 spiro atoms. The summed E-state index contributed by atoms with van der Waals surface area (Å²) in [5.74, 6) is -1.14. The number of hydrogen-bond acceptors (Lipinski definition) is 2. The van der Waals surface area contributed by atoms with E-state index < -0.39 is 17.8 Å². The smallest absolute Gasteiger partial charge is 0.433 e.